The quantitative estimate of drug-likeness (QED) is 0.724. The van der Waals surface area contributed by atoms with Crippen molar-refractivity contribution in [3.05, 3.63) is 59.3 Å². The van der Waals surface area contributed by atoms with Crippen LogP contribution in [0, 0.1) is 6.92 Å². The Hall–Kier alpha value is -2.37. The van der Waals surface area contributed by atoms with E-state index in [0.717, 1.165) is 42.8 Å². The summed E-state index contributed by atoms with van der Waals surface area (Å²) >= 11 is 0. The molecular formula is C20H23N3O2. The fourth-order valence-electron chi connectivity index (χ4n) is 3.21. The Bertz CT molecular complexity index is 853. The number of hydrogen-bond acceptors (Lipinski definition) is 4. The van der Waals surface area contributed by atoms with Crippen molar-refractivity contribution in [3.8, 4) is 5.75 Å². The number of nitrogens with zero attached hydrogens (tertiary/aromatic N) is 1. The zero-order valence-electron chi connectivity index (χ0n) is 14.4. The van der Waals surface area contributed by atoms with Crippen LogP contribution in [0.1, 0.15) is 23.1 Å². The Kier molecular flexibility index (Phi) is 4.68. The maximum absolute atomic E-state index is 6.17. The first-order valence-electron chi connectivity index (χ1n) is 8.75. The predicted molar refractivity (Wildman–Crippen MR) is 97.7 cm³/mol. The zero-order chi connectivity index (χ0) is 17.1. The van der Waals surface area contributed by atoms with Crippen molar-refractivity contribution >= 4 is 10.9 Å². The summed E-state index contributed by atoms with van der Waals surface area (Å²) in [5, 5.41) is 11.9. The molecule has 0 bridgehead atoms. The summed E-state index contributed by atoms with van der Waals surface area (Å²) in [4.78, 5) is 0. The van der Waals surface area contributed by atoms with E-state index >= 15 is 0 Å². The Morgan fingerprint density at radius 1 is 1.24 bits per heavy atom. The van der Waals surface area contributed by atoms with Crippen molar-refractivity contribution in [3.63, 3.8) is 0 Å². The van der Waals surface area contributed by atoms with Gasteiger partial charge in [-0.1, -0.05) is 30.3 Å². The van der Waals surface area contributed by atoms with Crippen molar-refractivity contribution in [2.24, 2.45) is 0 Å². The third-order valence-electron chi connectivity index (χ3n) is 4.60. The monoisotopic (exact) mass is 337 g/mol. The fourth-order valence-corrected chi connectivity index (χ4v) is 3.21. The number of nitrogens with one attached hydrogen (secondary N) is 2. The number of aryl methyl sites for hydroxylation is 1. The second kappa shape index (κ2) is 7.25. The van der Waals surface area contributed by atoms with E-state index in [0.29, 0.717) is 6.61 Å². The lowest BCUT2D eigenvalue weighted by atomic mass is 10.1. The molecule has 2 N–H and O–H groups in total. The van der Waals surface area contributed by atoms with E-state index in [4.69, 9.17) is 9.47 Å². The van der Waals surface area contributed by atoms with Crippen molar-refractivity contribution < 1.29 is 9.47 Å². The number of para-hydroxylation sites is 1. The SMILES string of the molecule is Cc1ccc(CNCc2cccc3cn[nH]c23)c(O[C@H]2CCOC2)c1. The third-order valence-corrected chi connectivity index (χ3v) is 4.60. The summed E-state index contributed by atoms with van der Waals surface area (Å²) in [5.41, 5.74) is 4.70. The summed E-state index contributed by atoms with van der Waals surface area (Å²) in [5.74, 6) is 0.961. The lowest BCUT2D eigenvalue weighted by Gasteiger charge is -2.17. The van der Waals surface area contributed by atoms with E-state index in [9.17, 15) is 0 Å². The minimum atomic E-state index is 0.166. The van der Waals surface area contributed by atoms with Gasteiger partial charge in [0.05, 0.1) is 24.9 Å². The van der Waals surface area contributed by atoms with Crippen LogP contribution in [-0.4, -0.2) is 29.5 Å². The largest absolute Gasteiger partial charge is 0.488 e. The molecular weight excluding hydrogens is 314 g/mol. The number of aromatic nitrogens is 2. The lowest BCUT2D eigenvalue weighted by Crippen LogP contribution is -2.19. The highest BCUT2D eigenvalue weighted by molar-refractivity contribution is 5.81. The van der Waals surface area contributed by atoms with E-state index in [1.54, 1.807) is 0 Å². The smallest absolute Gasteiger partial charge is 0.124 e. The number of benzene rings is 2. The van der Waals surface area contributed by atoms with Gasteiger partial charge in [0.1, 0.15) is 11.9 Å². The molecule has 1 atom stereocenters. The summed E-state index contributed by atoms with van der Waals surface area (Å²) in [6.07, 6.45) is 2.98. The summed E-state index contributed by atoms with van der Waals surface area (Å²) in [6, 6.07) is 12.6. The van der Waals surface area contributed by atoms with Gasteiger partial charge in [-0.15, -0.1) is 0 Å². The molecule has 1 aliphatic rings. The summed E-state index contributed by atoms with van der Waals surface area (Å²) < 4.78 is 11.6. The first kappa shape index (κ1) is 16.1. The Labute approximate surface area is 147 Å². The Balaban J connectivity index is 1.44. The molecule has 1 saturated heterocycles. The minimum absolute atomic E-state index is 0.166. The Morgan fingerprint density at radius 2 is 2.16 bits per heavy atom. The van der Waals surface area contributed by atoms with Crippen LogP contribution < -0.4 is 10.1 Å². The molecule has 0 saturated carbocycles. The highest BCUT2D eigenvalue weighted by Gasteiger charge is 2.18. The Morgan fingerprint density at radius 3 is 3.04 bits per heavy atom. The van der Waals surface area contributed by atoms with Gasteiger partial charge in [0.2, 0.25) is 0 Å². The molecule has 1 aromatic heterocycles. The van der Waals surface area contributed by atoms with E-state index in [2.05, 4.69) is 58.8 Å². The van der Waals surface area contributed by atoms with Crippen LogP contribution >= 0.6 is 0 Å². The van der Waals surface area contributed by atoms with Gasteiger partial charge in [-0.05, 0) is 24.1 Å². The molecule has 130 valence electrons. The number of ether oxygens (including phenoxy) is 2. The predicted octanol–water partition coefficient (Wildman–Crippen LogP) is 3.33. The van der Waals surface area contributed by atoms with Gasteiger partial charge < -0.3 is 14.8 Å². The van der Waals surface area contributed by atoms with Gasteiger partial charge in [0, 0.05) is 30.5 Å². The molecule has 2 aromatic carbocycles. The number of H-pyrrole nitrogens is 1. The van der Waals surface area contributed by atoms with Crippen LogP contribution in [0.25, 0.3) is 10.9 Å². The van der Waals surface area contributed by atoms with Crippen LogP contribution in [0.15, 0.2) is 42.6 Å². The molecule has 4 rings (SSSR count). The topological polar surface area (TPSA) is 59.2 Å². The van der Waals surface area contributed by atoms with Gasteiger partial charge >= 0.3 is 0 Å². The second-order valence-corrected chi connectivity index (χ2v) is 6.57. The first-order valence-corrected chi connectivity index (χ1v) is 8.75. The number of rotatable bonds is 6. The van der Waals surface area contributed by atoms with Gasteiger partial charge in [-0.2, -0.15) is 5.10 Å². The maximum atomic E-state index is 6.17. The standard InChI is InChI=1S/C20H23N3O2/c1-14-5-6-15(19(9-14)25-18-7-8-24-13-18)10-21-11-16-3-2-4-17-12-22-23-20(16)17/h2-6,9,12,18,21H,7-8,10-11,13H2,1H3,(H,22,23)/t18-/m0/s1. The number of aromatic amines is 1. The van der Waals surface area contributed by atoms with E-state index in [1.165, 1.54) is 16.7 Å². The van der Waals surface area contributed by atoms with Gasteiger partial charge in [0.25, 0.3) is 0 Å². The van der Waals surface area contributed by atoms with Crippen molar-refractivity contribution in [2.75, 3.05) is 13.2 Å². The molecule has 0 aliphatic carbocycles. The van der Waals surface area contributed by atoms with Crippen LogP contribution in [0.4, 0.5) is 0 Å². The highest BCUT2D eigenvalue weighted by Crippen LogP contribution is 2.24. The number of hydrogen-bond donors (Lipinski definition) is 2. The second-order valence-electron chi connectivity index (χ2n) is 6.57. The molecule has 25 heavy (non-hydrogen) atoms. The molecule has 1 aliphatic heterocycles. The van der Waals surface area contributed by atoms with Crippen LogP contribution in [0.3, 0.4) is 0 Å². The molecule has 2 heterocycles. The van der Waals surface area contributed by atoms with Crippen LogP contribution in [0.2, 0.25) is 0 Å². The van der Waals surface area contributed by atoms with Crippen molar-refractivity contribution in [2.45, 2.75) is 32.5 Å². The molecule has 0 unspecified atom stereocenters. The van der Waals surface area contributed by atoms with Crippen molar-refractivity contribution in [1.82, 2.24) is 15.5 Å². The zero-order valence-corrected chi connectivity index (χ0v) is 14.4. The average Bonchev–Trinajstić information content (AvgIpc) is 3.28. The lowest BCUT2D eigenvalue weighted by molar-refractivity contribution is 0.140. The number of fused-ring (bicyclic) bond motifs is 1. The van der Waals surface area contributed by atoms with Gasteiger partial charge in [0.15, 0.2) is 0 Å². The van der Waals surface area contributed by atoms with Gasteiger partial charge in [-0.25, -0.2) is 0 Å². The van der Waals surface area contributed by atoms with E-state index < -0.39 is 0 Å². The van der Waals surface area contributed by atoms with Gasteiger partial charge in [-0.3, -0.25) is 5.10 Å². The molecule has 3 aromatic rings. The minimum Gasteiger partial charge on any atom is -0.488 e. The van der Waals surface area contributed by atoms with E-state index in [-0.39, 0.29) is 6.10 Å². The molecule has 5 heteroatoms. The maximum Gasteiger partial charge on any atom is 0.124 e. The average molecular weight is 337 g/mol. The first-order chi connectivity index (χ1) is 12.3. The summed E-state index contributed by atoms with van der Waals surface area (Å²) in [6.45, 7) is 5.10. The van der Waals surface area contributed by atoms with E-state index in [1.807, 2.05) is 6.20 Å². The molecule has 5 nitrogen and oxygen atoms in total. The fraction of sp³-hybridized carbons (Fsp3) is 0.350. The molecule has 1 fully saturated rings. The highest BCUT2D eigenvalue weighted by atomic mass is 16.5. The molecule has 0 spiro atoms. The molecule has 0 amide bonds. The van der Waals surface area contributed by atoms with Crippen molar-refractivity contribution in [1.29, 1.82) is 0 Å². The molecule has 0 radical (unpaired) electrons. The normalized spacial score (nSPS) is 17.2. The van der Waals surface area contributed by atoms with Crippen LogP contribution in [-0.2, 0) is 17.8 Å². The third kappa shape index (κ3) is 3.67. The summed E-state index contributed by atoms with van der Waals surface area (Å²) in [7, 11) is 0. The van der Waals surface area contributed by atoms with Crippen LogP contribution in [0.5, 0.6) is 5.75 Å².